The lowest BCUT2D eigenvalue weighted by molar-refractivity contribution is -0.119. The largest absolute Gasteiger partial charge is 0.452 e. The zero-order valence-corrected chi connectivity index (χ0v) is 19.8. The molecule has 1 N–H and O–H groups in total. The van der Waals surface area contributed by atoms with Gasteiger partial charge in [-0.1, -0.05) is 5.16 Å². The predicted octanol–water partition coefficient (Wildman–Crippen LogP) is 1.79. The Morgan fingerprint density at radius 3 is 2.50 bits per heavy atom. The van der Waals surface area contributed by atoms with E-state index in [2.05, 4.69) is 10.5 Å². The van der Waals surface area contributed by atoms with Gasteiger partial charge < -0.3 is 18.9 Å². The second-order valence-electron chi connectivity index (χ2n) is 8.20. The topological polar surface area (TPSA) is 131 Å². The average molecular weight is 493 g/mol. The van der Waals surface area contributed by atoms with Gasteiger partial charge in [0.2, 0.25) is 15.9 Å². The minimum absolute atomic E-state index is 0.00342. The van der Waals surface area contributed by atoms with E-state index in [1.54, 1.807) is 13.0 Å². The number of nitrogens with zero attached hydrogens (tertiary/aromatic N) is 3. The first kappa shape index (κ1) is 24.2. The molecular weight excluding hydrogens is 464 g/mol. The van der Waals surface area contributed by atoms with Crippen molar-refractivity contribution >= 4 is 33.5 Å². The fraction of sp³-hybridized carbons (Fsp3) is 0.500. The molecule has 2 aromatic rings. The maximum Gasteiger partial charge on any atom is 0.340 e. The standard InChI is InChI=1S/C22H28N4O7S/c1-16-13-21(33-24-16)23-20(27)15-32-22(28)18-14-17(34(29,30)26-9-11-31-12-10-26)5-6-19(18)25-7-3-2-4-8-25/h5-6,13-14H,2-4,7-12,15H2,1H3,(H,23,27). The molecule has 34 heavy (non-hydrogen) atoms. The Labute approximate surface area is 198 Å². The average Bonchev–Trinajstić information content (AvgIpc) is 3.27. The van der Waals surface area contributed by atoms with Crippen LogP contribution in [-0.2, 0) is 24.3 Å². The van der Waals surface area contributed by atoms with E-state index in [0.717, 1.165) is 32.4 Å². The van der Waals surface area contributed by atoms with Crippen molar-refractivity contribution in [2.24, 2.45) is 0 Å². The molecule has 0 bridgehead atoms. The highest BCUT2D eigenvalue weighted by molar-refractivity contribution is 7.89. The highest BCUT2D eigenvalue weighted by Crippen LogP contribution is 2.29. The van der Waals surface area contributed by atoms with Crippen LogP contribution < -0.4 is 10.2 Å². The van der Waals surface area contributed by atoms with Crippen LogP contribution in [0.2, 0.25) is 0 Å². The fourth-order valence-corrected chi connectivity index (χ4v) is 5.43. The van der Waals surface area contributed by atoms with Crippen molar-refractivity contribution in [3.05, 3.63) is 35.5 Å². The molecule has 4 rings (SSSR count). The minimum atomic E-state index is -3.81. The number of carbonyl (C=O) groups excluding carboxylic acids is 2. The van der Waals surface area contributed by atoms with E-state index in [1.165, 1.54) is 22.5 Å². The smallest absolute Gasteiger partial charge is 0.340 e. The number of hydrogen-bond donors (Lipinski definition) is 1. The highest BCUT2D eigenvalue weighted by atomic mass is 32.2. The number of benzene rings is 1. The molecule has 0 aliphatic carbocycles. The number of aryl methyl sites for hydroxylation is 1. The lowest BCUT2D eigenvalue weighted by Crippen LogP contribution is -2.40. The molecule has 2 aliphatic heterocycles. The summed E-state index contributed by atoms with van der Waals surface area (Å²) in [4.78, 5) is 27.3. The summed E-state index contributed by atoms with van der Waals surface area (Å²) < 4.78 is 43.1. The third kappa shape index (κ3) is 5.57. The van der Waals surface area contributed by atoms with Crippen LogP contribution in [0.4, 0.5) is 11.6 Å². The number of esters is 1. The second kappa shape index (κ2) is 10.5. The normalized spacial score (nSPS) is 17.4. The molecule has 0 radical (unpaired) electrons. The number of morpholine rings is 1. The maximum absolute atomic E-state index is 13.1. The van der Waals surface area contributed by atoms with Crippen LogP contribution in [0.3, 0.4) is 0 Å². The Hall–Kier alpha value is -2.96. The van der Waals surface area contributed by atoms with Gasteiger partial charge in [0.25, 0.3) is 5.91 Å². The summed E-state index contributed by atoms with van der Waals surface area (Å²) in [5.41, 5.74) is 1.30. The molecule has 12 heteroatoms. The van der Waals surface area contributed by atoms with E-state index in [9.17, 15) is 18.0 Å². The van der Waals surface area contributed by atoms with Gasteiger partial charge in [0.15, 0.2) is 6.61 Å². The molecule has 1 aromatic heterocycles. The number of amides is 1. The summed E-state index contributed by atoms with van der Waals surface area (Å²) in [6.07, 6.45) is 3.05. The third-order valence-corrected chi connectivity index (χ3v) is 7.61. The molecular formula is C22H28N4O7S. The van der Waals surface area contributed by atoms with E-state index in [-0.39, 0.29) is 29.4 Å². The molecule has 0 atom stereocenters. The molecule has 3 heterocycles. The molecule has 1 aromatic carbocycles. The van der Waals surface area contributed by atoms with Crippen molar-refractivity contribution in [1.29, 1.82) is 0 Å². The van der Waals surface area contributed by atoms with Gasteiger partial charge in [-0.3, -0.25) is 10.1 Å². The SMILES string of the molecule is Cc1cc(NC(=O)COC(=O)c2cc(S(=O)(=O)N3CCOCC3)ccc2N2CCCCC2)on1. The fourth-order valence-electron chi connectivity index (χ4n) is 3.99. The van der Waals surface area contributed by atoms with Crippen LogP contribution in [0.1, 0.15) is 35.3 Å². The van der Waals surface area contributed by atoms with E-state index in [0.29, 0.717) is 24.6 Å². The van der Waals surface area contributed by atoms with Crippen LogP contribution in [0.5, 0.6) is 0 Å². The summed E-state index contributed by atoms with van der Waals surface area (Å²) in [6.45, 7) is 3.79. The Balaban J connectivity index is 1.55. The molecule has 2 fully saturated rings. The van der Waals surface area contributed by atoms with E-state index in [1.807, 2.05) is 4.90 Å². The van der Waals surface area contributed by atoms with Gasteiger partial charge in [0, 0.05) is 32.2 Å². The van der Waals surface area contributed by atoms with Crippen LogP contribution in [0, 0.1) is 6.92 Å². The molecule has 2 saturated heterocycles. The number of nitrogens with one attached hydrogen (secondary N) is 1. The number of hydrogen-bond acceptors (Lipinski definition) is 9. The molecule has 0 spiro atoms. The quantitative estimate of drug-likeness (QED) is 0.575. The summed E-state index contributed by atoms with van der Waals surface area (Å²) in [6, 6.07) is 6.04. The monoisotopic (exact) mass is 492 g/mol. The number of piperidine rings is 1. The van der Waals surface area contributed by atoms with Gasteiger partial charge in [-0.2, -0.15) is 4.31 Å². The molecule has 0 unspecified atom stereocenters. The summed E-state index contributed by atoms with van der Waals surface area (Å²) in [7, 11) is -3.81. The Morgan fingerprint density at radius 2 is 1.82 bits per heavy atom. The lowest BCUT2D eigenvalue weighted by Gasteiger charge is -2.31. The van der Waals surface area contributed by atoms with Crippen molar-refractivity contribution < 1.29 is 32.0 Å². The molecule has 0 saturated carbocycles. The first-order valence-electron chi connectivity index (χ1n) is 11.2. The highest BCUT2D eigenvalue weighted by Gasteiger charge is 2.29. The Kier molecular flexibility index (Phi) is 7.49. The van der Waals surface area contributed by atoms with Gasteiger partial charge in [-0.05, 0) is 44.4 Å². The molecule has 2 aliphatic rings. The summed E-state index contributed by atoms with van der Waals surface area (Å²) in [5, 5.41) is 6.13. The van der Waals surface area contributed by atoms with Crippen LogP contribution in [0.25, 0.3) is 0 Å². The van der Waals surface area contributed by atoms with Crippen molar-refractivity contribution in [3.8, 4) is 0 Å². The van der Waals surface area contributed by atoms with Crippen molar-refractivity contribution in [3.63, 3.8) is 0 Å². The number of rotatable bonds is 7. The molecule has 11 nitrogen and oxygen atoms in total. The van der Waals surface area contributed by atoms with Crippen molar-refractivity contribution in [1.82, 2.24) is 9.46 Å². The van der Waals surface area contributed by atoms with Crippen LogP contribution in [0.15, 0.2) is 33.7 Å². The number of carbonyl (C=O) groups is 2. The third-order valence-electron chi connectivity index (χ3n) is 5.72. The number of anilines is 2. The number of sulfonamides is 1. The Bertz CT molecular complexity index is 1140. The van der Waals surface area contributed by atoms with Gasteiger partial charge >= 0.3 is 5.97 Å². The molecule has 184 valence electrons. The van der Waals surface area contributed by atoms with Gasteiger partial charge in [-0.15, -0.1) is 0 Å². The van der Waals surface area contributed by atoms with E-state index >= 15 is 0 Å². The van der Waals surface area contributed by atoms with E-state index < -0.39 is 28.5 Å². The number of ether oxygens (including phenoxy) is 2. The lowest BCUT2D eigenvalue weighted by atomic mass is 10.1. The van der Waals surface area contributed by atoms with Gasteiger partial charge in [-0.25, -0.2) is 13.2 Å². The van der Waals surface area contributed by atoms with Crippen LogP contribution in [-0.4, -0.2) is 75.8 Å². The molecule has 1 amide bonds. The van der Waals surface area contributed by atoms with Gasteiger partial charge in [0.05, 0.1) is 35.1 Å². The summed E-state index contributed by atoms with van der Waals surface area (Å²) >= 11 is 0. The Morgan fingerprint density at radius 1 is 1.09 bits per heavy atom. The predicted molar refractivity (Wildman–Crippen MR) is 122 cm³/mol. The first-order chi connectivity index (χ1) is 16.3. The van der Waals surface area contributed by atoms with Crippen molar-refractivity contribution in [2.75, 3.05) is 56.2 Å². The van der Waals surface area contributed by atoms with E-state index in [4.69, 9.17) is 14.0 Å². The van der Waals surface area contributed by atoms with Crippen molar-refractivity contribution in [2.45, 2.75) is 31.1 Å². The second-order valence-corrected chi connectivity index (χ2v) is 10.1. The maximum atomic E-state index is 13.1. The van der Waals surface area contributed by atoms with Crippen LogP contribution >= 0.6 is 0 Å². The first-order valence-corrected chi connectivity index (χ1v) is 12.7. The number of aromatic nitrogens is 1. The minimum Gasteiger partial charge on any atom is -0.452 e. The zero-order chi connectivity index (χ0) is 24.1. The zero-order valence-electron chi connectivity index (χ0n) is 19.0. The van der Waals surface area contributed by atoms with Gasteiger partial charge in [0.1, 0.15) is 0 Å². The summed E-state index contributed by atoms with van der Waals surface area (Å²) in [5.74, 6) is -1.23.